The van der Waals surface area contributed by atoms with Crippen molar-refractivity contribution in [2.24, 2.45) is 19.1 Å². The normalized spacial score (nSPS) is 15.1. The number of rotatable bonds is 4. The largest absolute Gasteiger partial charge is 0.356 e. The molecule has 1 N–H and O–H groups in total. The monoisotopic (exact) mass is 423 g/mol. The van der Waals surface area contributed by atoms with E-state index in [0.29, 0.717) is 17.3 Å². The number of nitrogens with one attached hydrogen (secondary N) is 1. The lowest BCUT2D eigenvalue weighted by Gasteiger charge is -2.16. The lowest BCUT2D eigenvalue weighted by Crippen LogP contribution is -2.25. The Hall–Kier alpha value is -3.19. The van der Waals surface area contributed by atoms with Crippen LogP contribution in [0.4, 0.5) is 0 Å². The molecule has 0 aliphatic carbocycles. The number of pyridine rings is 1. The zero-order valence-electron chi connectivity index (χ0n) is 17.0. The summed E-state index contributed by atoms with van der Waals surface area (Å²) < 4.78 is 3.30. The van der Waals surface area contributed by atoms with Crippen molar-refractivity contribution in [3.63, 3.8) is 0 Å². The van der Waals surface area contributed by atoms with Crippen LogP contribution in [0, 0.1) is 0 Å². The molecule has 0 spiro atoms. The topological polar surface area (TPSA) is 81.3 Å². The first-order valence-electron chi connectivity index (χ1n) is 9.72. The Morgan fingerprint density at radius 3 is 2.63 bits per heavy atom. The summed E-state index contributed by atoms with van der Waals surface area (Å²) in [5.41, 5.74) is 4.70. The second kappa shape index (κ2) is 7.91. The van der Waals surface area contributed by atoms with E-state index in [2.05, 4.69) is 10.4 Å². The van der Waals surface area contributed by atoms with Crippen LogP contribution in [0.25, 0.3) is 11.1 Å². The SMILES string of the molecule is CCNC(=O)C[C@@H]1N=C(c2ccc(Cl)cc2)c2c(cnn2C)-c2cn(C)c(=O)cc21. The third-order valence-corrected chi connectivity index (χ3v) is 5.48. The van der Waals surface area contributed by atoms with Crippen molar-refractivity contribution in [1.29, 1.82) is 0 Å². The molecule has 7 nitrogen and oxygen atoms in total. The fourth-order valence-corrected chi connectivity index (χ4v) is 3.89. The molecule has 3 aromatic rings. The Morgan fingerprint density at radius 1 is 1.20 bits per heavy atom. The summed E-state index contributed by atoms with van der Waals surface area (Å²) >= 11 is 6.09. The molecular weight excluding hydrogens is 402 g/mol. The minimum atomic E-state index is -0.501. The fraction of sp³-hybridized carbons (Fsp3) is 0.273. The average molecular weight is 424 g/mol. The van der Waals surface area contributed by atoms with E-state index in [-0.39, 0.29) is 17.9 Å². The standard InChI is InChI=1S/C22H22ClN5O2/c1-4-24-19(29)10-18-15-9-20(30)27(2)12-17(15)16-11-25-28(3)22(16)21(26-18)13-5-7-14(23)8-6-13/h5-9,11-12,18H,4,10H2,1-3H3,(H,24,29)/t18-/m0/s1. The summed E-state index contributed by atoms with van der Waals surface area (Å²) in [7, 11) is 3.57. The highest BCUT2D eigenvalue weighted by Gasteiger charge is 2.29. The fourth-order valence-electron chi connectivity index (χ4n) is 3.77. The van der Waals surface area contributed by atoms with Gasteiger partial charge in [0.15, 0.2) is 0 Å². The van der Waals surface area contributed by atoms with E-state index < -0.39 is 6.04 Å². The Morgan fingerprint density at radius 2 is 1.93 bits per heavy atom. The molecule has 1 amide bonds. The molecule has 154 valence electrons. The van der Waals surface area contributed by atoms with E-state index in [1.54, 1.807) is 30.2 Å². The predicted octanol–water partition coefficient (Wildman–Crippen LogP) is 2.86. The molecule has 0 radical (unpaired) electrons. The van der Waals surface area contributed by atoms with Crippen molar-refractivity contribution in [2.45, 2.75) is 19.4 Å². The Bertz CT molecular complexity index is 1210. The molecule has 0 saturated heterocycles. The number of carbonyl (C=O) groups is 1. The van der Waals surface area contributed by atoms with Gasteiger partial charge in [-0.3, -0.25) is 19.3 Å². The number of carbonyl (C=O) groups excluding carboxylic acids is 1. The van der Waals surface area contributed by atoms with Crippen molar-refractivity contribution in [3.8, 4) is 11.1 Å². The van der Waals surface area contributed by atoms with Gasteiger partial charge in [-0.05, 0) is 24.6 Å². The Kier molecular flexibility index (Phi) is 5.30. The minimum Gasteiger partial charge on any atom is -0.356 e. The van der Waals surface area contributed by atoms with Crippen LogP contribution < -0.4 is 10.9 Å². The molecule has 0 bridgehead atoms. The smallest absolute Gasteiger partial charge is 0.250 e. The van der Waals surface area contributed by atoms with Crippen LogP contribution in [-0.4, -0.2) is 32.5 Å². The van der Waals surface area contributed by atoms with E-state index >= 15 is 0 Å². The number of amides is 1. The quantitative estimate of drug-likeness (QED) is 0.700. The number of halogens is 1. The summed E-state index contributed by atoms with van der Waals surface area (Å²) in [6, 6.07) is 8.49. The van der Waals surface area contributed by atoms with E-state index in [1.807, 2.05) is 38.2 Å². The third-order valence-electron chi connectivity index (χ3n) is 5.23. The van der Waals surface area contributed by atoms with Gasteiger partial charge in [0.1, 0.15) is 0 Å². The summed E-state index contributed by atoms with van der Waals surface area (Å²) in [5, 5.41) is 7.90. The van der Waals surface area contributed by atoms with Crippen LogP contribution in [0.5, 0.6) is 0 Å². The number of aryl methyl sites for hydroxylation is 2. The summed E-state index contributed by atoms with van der Waals surface area (Å²) in [4.78, 5) is 29.9. The molecule has 1 aliphatic rings. The second-order valence-corrected chi connectivity index (χ2v) is 7.72. The van der Waals surface area contributed by atoms with Crippen molar-refractivity contribution >= 4 is 23.2 Å². The van der Waals surface area contributed by atoms with Gasteiger partial charge in [0.2, 0.25) is 5.91 Å². The molecule has 0 unspecified atom stereocenters. The molecule has 0 fully saturated rings. The first-order chi connectivity index (χ1) is 14.4. The van der Waals surface area contributed by atoms with Gasteiger partial charge in [0.05, 0.1) is 30.1 Å². The average Bonchev–Trinajstić information content (AvgIpc) is 3.03. The minimum absolute atomic E-state index is 0.114. The van der Waals surface area contributed by atoms with Crippen molar-refractivity contribution in [3.05, 3.63) is 74.9 Å². The molecule has 8 heteroatoms. The van der Waals surface area contributed by atoms with Crippen molar-refractivity contribution in [2.75, 3.05) is 6.54 Å². The highest BCUT2D eigenvalue weighted by molar-refractivity contribution is 6.30. The van der Waals surface area contributed by atoms with Crippen molar-refractivity contribution in [1.82, 2.24) is 19.7 Å². The predicted molar refractivity (Wildman–Crippen MR) is 117 cm³/mol. The molecule has 2 aromatic heterocycles. The highest BCUT2D eigenvalue weighted by Crippen LogP contribution is 2.38. The van der Waals surface area contributed by atoms with Gasteiger partial charge in [-0.2, -0.15) is 5.10 Å². The maximum atomic E-state index is 12.5. The molecule has 3 heterocycles. The number of fused-ring (bicyclic) bond motifs is 3. The molecule has 1 aliphatic heterocycles. The van der Waals surface area contributed by atoms with Gasteiger partial charge in [-0.1, -0.05) is 23.7 Å². The number of hydrogen-bond donors (Lipinski definition) is 1. The van der Waals surface area contributed by atoms with Crippen LogP contribution in [0.2, 0.25) is 5.02 Å². The second-order valence-electron chi connectivity index (χ2n) is 7.28. The van der Waals surface area contributed by atoms with E-state index in [9.17, 15) is 9.59 Å². The van der Waals surface area contributed by atoms with Crippen LogP contribution in [0.3, 0.4) is 0 Å². The Labute approximate surface area is 179 Å². The summed E-state index contributed by atoms with van der Waals surface area (Å²) in [6.45, 7) is 2.41. The summed E-state index contributed by atoms with van der Waals surface area (Å²) in [5.74, 6) is -0.114. The van der Waals surface area contributed by atoms with Crippen molar-refractivity contribution < 1.29 is 4.79 Å². The van der Waals surface area contributed by atoms with Crippen LogP contribution >= 0.6 is 11.6 Å². The number of hydrogen-bond acceptors (Lipinski definition) is 4. The van der Waals surface area contributed by atoms with E-state index in [1.165, 1.54) is 4.57 Å². The maximum absolute atomic E-state index is 12.5. The number of aliphatic imine (C=N–C) groups is 1. The van der Waals surface area contributed by atoms with Gasteiger partial charge in [-0.25, -0.2) is 0 Å². The third kappa shape index (κ3) is 3.57. The molecule has 0 saturated carbocycles. The molecule has 1 atom stereocenters. The molecule has 30 heavy (non-hydrogen) atoms. The van der Waals surface area contributed by atoms with Gasteiger partial charge >= 0.3 is 0 Å². The Balaban J connectivity index is 1.99. The van der Waals surface area contributed by atoms with E-state index in [0.717, 1.165) is 27.9 Å². The van der Waals surface area contributed by atoms with Gasteiger partial charge in [0.25, 0.3) is 5.56 Å². The summed E-state index contributed by atoms with van der Waals surface area (Å²) in [6.07, 6.45) is 3.72. The molecular formula is C22H22ClN5O2. The highest BCUT2D eigenvalue weighted by atomic mass is 35.5. The first-order valence-corrected chi connectivity index (χ1v) is 10.1. The van der Waals surface area contributed by atoms with Crippen LogP contribution in [-0.2, 0) is 18.9 Å². The molecule has 4 rings (SSSR count). The van der Waals surface area contributed by atoms with Crippen LogP contribution in [0.15, 0.2) is 52.5 Å². The van der Waals surface area contributed by atoms with Gasteiger partial charge in [0, 0.05) is 54.6 Å². The lowest BCUT2D eigenvalue weighted by molar-refractivity contribution is -0.121. The lowest BCUT2D eigenvalue weighted by atomic mass is 9.96. The molecule has 1 aromatic carbocycles. The zero-order valence-corrected chi connectivity index (χ0v) is 17.8. The van der Waals surface area contributed by atoms with Gasteiger partial charge in [-0.15, -0.1) is 0 Å². The zero-order chi connectivity index (χ0) is 21.4. The maximum Gasteiger partial charge on any atom is 0.250 e. The van der Waals surface area contributed by atoms with E-state index in [4.69, 9.17) is 16.6 Å². The number of nitrogens with zero attached hydrogens (tertiary/aromatic N) is 4. The first kappa shape index (κ1) is 20.1. The number of benzene rings is 1. The number of aromatic nitrogens is 3. The van der Waals surface area contributed by atoms with Gasteiger partial charge < -0.3 is 9.88 Å². The van der Waals surface area contributed by atoms with Crippen LogP contribution in [0.1, 0.15) is 36.2 Å².